The van der Waals surface area contributed by atoms with Crippen LogP contribution in [-0.4, -0.2) is 40.2 Å². The smallest absolute Gasteiger partial charge is 0.209 e. The average molecular weight is 516 g/mol. The Morgan fingerprint density at radius 3 is 2.15 bits per heavy atom. The minimum absolute atomic E-state index is 0.228. The molecule has 2 aromatic carbocycles. The number of sulfonamides is 1. The lowest BCUT2D eigenvalue weighted by molar-refractivity contribution is -0.119. The zero-order chi connectivity index (χ0) is 24.8. The molecule has 2 rings (SSSR count). The van der Waals surface area contributed by atoms with Gasteiger partial charge in [-0.05, 0) is 41.3 Å². The van der Waals surface area contributed by atoms with E-state index in [-0.39, 0.29) is 18.9 Å². The van der Waals surface area contributed by atoms with Crippen LogP contribution < -0.4 is 14.2 Å². The first kappa shape index (κ1) is 27.4. The molecule has 9 heteroatoms. The molecule has 0 fully saturated rings. The van der Waals surface area contributed by atoms with Crippen LogP contribution in [0.25, 0.3) is 0 Å². The third-order valence-corrected chi connectivity index (χ3v) is 6.67. The predicted molar refractivity (Wildman–Crippen MR) is 133 cm³/mol. The van der Waals surface area contributed by atoms with Crippen LogP contribution in [0.4, 0.5) is 0 Å². The summed E-state index contributed by atoms with van der Waals surface area (Å²) >= 11 is 13.0. The molecule has 0 aliphatic carbocycles. The highest BCUT2D eigenvalue weighted by atomic mass is 35.5. The highest BCUT2D eigenvalue weighted by Gasteiger charge is 2.26. The van der Waals surface area contributed by atoms with Crippen LogP contribution in [-0.2, 0) is 20.2 Å². The van der Waals surface area contributed by atoms with Crippen LogP contribution in [0.1, 0.15) is 45.2 Å². The van der Waals surface area contributed by atoms with E-state index in [4.69, 9.17) is 32.7 Å². The van der Waals surface area contributed by atoms with Gasteiger partial charge in [-0.2, -0.15) is 0 Å². The standard InChI is InChI=1S/C24H31Cl2NO5S/c1-6-16(2)14-32-23-21(25)11-18(12-22(23)26)24(3,4)17-7-9-20(10-8-17)31-15-19(28)13-27-33(5,29)30/h7-12,16,27H,6,13-15H2,1-5H3. The van der Waals surface area contributed by atoms with Crippen molar-refractivity contribution in [1.29, 1.82) is 0 Å². The summed E-state index contributed by atoms with van der Waals surface area (Å²) in [6, 6.07) is 11.1. The Balaban J connectivity index is 2.09. The molecule has 0 heterocycles. The molecule has 33 heavy (non-hydrogen) atoms. The van der Waals surface area contributed by atoms with E-state index in [2.05, 4.69) is 32.4 Å². The molecule has 0 amide bonds. The van der Waals surface area contributed by atoms with Gasteiger partial charge in [-0.25, -0.2) is 13.1 Å². The Hall–Kier alpha value is -1.80. The lowest BCUT2D eigenvalue weighted by Gasteiger charge is -2.27. The van der Waals surface area contributed by atoms with Crippen molar-refractivity contribution in [3.05, 3.63) is 57.6 Å². The fraction of sp³-hybridized carbons (Fsp3) is 0.458. The minimum atomic E-state index is -3.42. The number of carbonyl (C=O) groups excluding carboxylic acids is 1. The summed E-state index contributed by atoms with van der Waals surface area (Å²) < 4.78 is 35.6. The van der Waals surface area contributed by atoms with E-state index in [1.807, 2.05) is 24.3 Å². The number of halogens is 2. The number of hydrogen-bond donors (Lipinski definition) is 1. The normalized spacial score (nSPS) is 12.9. The molecule has 1 atom stereocenters. The molecular weight excluding hydrogens is 485 g/mol. The van der Waals surface area contributed by atoms with Crippen molar-refractivity contribution in [3.63, 3.8) is 0 Å². The summed E-state index contributed by atoms with van der Waals surface area (Å²) in [5, 5.41) is 0.935. The van der Waals surface area contributed by atoms with Crippen LogP contribution in [0.15, 0.2) is 36.4 Å². The molecule has 0 bridgehead atoms. The van der Waals surface area contributed by atoms with Crippen molar-refractivity contribution < 1.29 is 22.7 Å². The first-order valence-corrected chi connectivity index (χ1v) is 13.3. The number of rotatable bonds is 12. The Morgan fingerprint density at radius 2 is 1.64 bits per heavy atom. The van der Waals surface area contributed by atoms with Crippen molar-refractivity contribution in [2.75, 3.05) is 26.0 Å². The minimum Gasteiger partial charge on any atom is -0.490 e. The summed E-state index contributed by atoms with van der Waals surface area (Å²) in [4.78, 5) is 11.8. The molecule has 0 aliphatic heterocycles. The average Bonchev–Trinajstić information content (AvgIpc) is 2.75. The molecule has 0 radical (unpaired) electrons. The predicted octanol–water partition coefficient (Wildman–Crippen LogP) is 5.24. The summed E-state index contributed by atoms with van der Waals surface area (Å²) in [6.45, 7) is 8.35. The zero-order valence-corrected chi connectivity index (χ0v) is 21.9. The summed E-state index contributed by atoms with van der Waals surface area (Å²) in [5.41, 5.74) is 1.53. The fourth-order valence-electron chi connectivity index (χ4n) is 2.96. The van der Waals surface area contributed by atoms with Gasteiger partial charge in [0.15, 0.2) is 11.5 Å². The Bertz CT molecular complexity index is 1050. The second kappa shape index (κ2) is 11.6. The molecule has 0 aliphatic rings. The maximum atomic E-state index is 11.8. The second-order valence-corrected chi connectivity index (χ2v) is 11.3. The van der Waals surface area contributed by atoms with Gasteiger partial charge in [0, 0.05) is 5.41 Å². The fourth-order valence-corrected chi connectivity index (χ4v) is 3.98. The highest BCUT2D eigenvalue weighted by Crippen LogP contribution is 2.40. The lowest BCUT2D eigenvalue weighted by atomic mass is 9.78. The molecule has 182 valence electrons. The quantitative estimate of drug-likeness (QED) is 0.417. The van der Waals surface area contributed by atoms with Crippen LogP contribution in [0, 0.1) is 5.92 Å². The van der Waals surface area contributed by atoms with E-state index in [1.54, 1.807) is 12.1 Å². The van der Waals surface area contributed by atoms with Crippen molar-refractivity contribution in [2.45, 2.75) is 39.5 Å². The topological polar surface area (TPSA) is 81.7 Å². The summed E-state index contributed by atoms with van der Waals surface area (Å²) in [5.74, 6) is 1.04. The Morgan fingerprint density at radius 1 is 1.06 bits per heavy atom. The molecular formula is C24H31Cl2NO5S. The number of ether oxygens (including phenoxy) is 2. The third kappa shape index (κ3) is 8.18. The van der Waals surface area contributed by atoms with Gasteiger partial charge in [0.25, 0.3) is 0 Å². The number of hydrogen-bond acceptors (Lipinski definition) is 5. The van der Waals surface area contributed by atoms with Crippen LogP contribution >= 0.6 is 23.2 Å². The molecule has 0 saturated heterocycles. The summed E-state index contributed by atoms with van der Waals surface area (Å²) in [6.07, 6.45) is 2.00. The molecule has 0 aromatic heterocycles. The van der Waals surface area contributed by atoms with Gasteiger partial charge in [0.1, 0.15) is 12.4 Å². The van der Waals surface area contributed by atoms with Crippen LogP contribution in [0.5, 0.6) is 11.5 Å². The zero-order valence-electron chi connectivity index (χ0n) is 19.6. The van der Waals surface area contributed by atoms with Crippen LogP contribution in [0.3, 0.4) is 0 Å². The Labute approximate surface area is 206 Å². The van der Waals surface area contributed by atoms with Crippen molar-refractivity contribution in [1.82, 2.24) is 4.72 Å². The monoisotopic (exact) mass is 515 g/mol. The first-order chi connectivity index (χ1) is 15.3. The van der Waals surface area contributed by atoms with E-state index >= 15 is 0 Å². The molecule has 1 N–H and O–H groups in total. The maximum absolute atomic E-state index is 11.8. The molecule has 1 unspecified atom stereocenters. The number of Topliss-reactive ketones (excluding diaryl/α,β-unsaturated/α-hetero) is 1. The van der Waals surface area contributed by atoms with Crippen LogP contribution in [0.2, 0.25) is 10.0 Å². The first-order valence-electron chi connectivity index (χ1n) is 10.7. The van der Waals surface area contributed by atoms with Crippen molar-refractivity contribution in [3.8, 4) is 11.5 Å². The van der Waals surface area contributed by atoms with Crippen molar-refractivity contribution in [2.24, 2.45) is 5.92 Å². The molecule has 0 saturated carbocycles. The van der Waals surface area contributed by atoms with Gasteiger partial charge in [-0.15, -0.1) is 0 Å². The van der Waals surface area contributed by atoms with Crippen molar-refractivity contribution >= 4 is 39.0 Å². The van der Waals surface area contributed by atoms with E-state index in [1.165, 1.54) is 0 Å². The molecule has 6 nitrogen and oxygen atoms in total. The van der Waals surface area contributed by atoms with Gasteiger partial charge in [-0.3, -0.25) is 4.79 Å². The third-order valence-electron chi connectivity index (χ3n) is 5.44. The van der Waals surface area contributed by atoms with Gasteiger partial charge in [-0.1, -0.05) is 69.5 Å². The van der Waals surface area contributed by atoms with Gasteiger partial charge in [0.2, 0.25) is 10.0 Å². The summed E-state index contributed by atoms with van der Waals surface area (Å²) in [7, 11) is -3.42. The van der Waals surface area contributed by atoms with E-state index in [9.17, 15) is 13.2 Å². The van der Waals surface area contributed by atoms with Gasteiger partial charge >= 0.3 is 0 Å². The maximum Gasteiger partial charge on any atom is 0.209 e. The van der Waals surface area contributed by atoms with E-state index in [0.29, 0.717) is 34.1 Å². The number of carbonyl (C=O) groups is 1. The SMILES string of the molecule is CCC(C)COc1c(Cl)cc(C(C)(C)c2ccc(OCC(=O)CNS(C)(=O)=O)cc2)cc1Cl. The Kier molecular flexibility index (Phi) is 9.61. The number of benzene rings is 2. The highest BCUT2D eigenvalue weighted by molar-refractivity contribution is 7.88. The molecule has 0 spiro atoms. The largest absolute Gasteiger partial charge is 0.490 e. The van der Waals surface area contributed by atoms with E-state index < -0.39 is 15.4 Å². The lowest BCUT2D eigenvalue weighted by Crippen LogP contribution is -2.31. The second-order valence-electron chi connectivity index (χ2n) is 8.66. The van der Waals surface area contributed by atoms with Gasteiger partial charge < -0.3 is 9.47 Å². The van der Waals surface area contributed by atoms with Gasteiger partial charge in [0.05, 0.1) is 29.5 Å². The molecule has 2 aromatic rings. The number of nitrogens with one attached hydrogen (secondary N) is 1. The number of ketones is 1. The van der Waals surface area contributed by atoms with E-state index in [0.717, 1.165) is 23.8 Å².